The summed E-state index contributed by atoms with van der Waals surface area (Å²) < 4.78 is 5.21. The maximum atomic E-state index is 5.89. The highest BCUT2D eigenvalue weighted by Gasteiger charge is 2.20. The summed E-state index contributed by atoms with van der Waals surface area (Å²) in [5, 5.41) is 3.58. The van der Waals surface area contributed by atoms with Crippen LogP contribution in [0.2, 0.25) is 0 Å². The van der Waals surface area contributed by atoms with Crippen LogP contribution >= 0.6 is 0 Å². The highest BCUT2D eigenvalue weighted by molar-refractivity contribution is 5.28. The lowest BCUT2D eigenvalue weighted by atomic mass is 10.1. The van der Waals surface area contributed by atoms with Crippen molar-refractivity contribution in [2.45, 2.75) is 37.8 Å². The van der Waals surface area contributed by atoms with E-state index in [1.165, 1.54) is 12.0 Å². The van der Waals surface area contributed by atoms with E-state index in [4.69, 9.17) is 10.5 Å². The van der Waals surface area contributed by atoms with E-state index in [0.29, 0.717) is 12.1 Å². The van der Waals surface area contributed by atoms with Gasteiger partial charge in [-0.3, -0.25) is 0 Å². The predicted octanol–water partition coefficient (Wildman–Crippen LogP) is 1.71. The number of hydrogen-bond acceptors (Lipinski definition) is 3. The summed E-state index contributed by atoms with van der Waals surface area (Å²) in [7, 11) is 1.71. The molecule has 94 valence electrons. The Bertz CT molecular complexity index is 354. The molecule has 1 saturated carbocycles. The highest BCUT2D eigenvalue weighted by atomic mass is 16.5. The van der Waals surface area contributed by atoms with Gasteiger partial charge in [0.1, 0.15) is 5.75 Å². The normalized spacial score (nSPS) is 23.9. The first-order valence-electron chi connectivity index (χ1n) is 6.40. The molecule has 0 radical (unpaired) electrons. The Morgan fingerprint density at radius 2 is 2.29 bits per heavy atom. The van der Waals surface area contributed by atoms with Gasteiger partial charge in [0, 0.05) is 12.1 Å². The van der Waals surface area contributed by atoms with Crippen LogP contribution in [-0.2, 0) is 6.42 Å². The topological polar surface area (TPSA) is 47.3 Å². The standard InChI is InChI=1S/C14H22N2O/c1-17-14-4-2-3-11(9-14)7-8-16-13-6-5-12(15)10-13/h2-4,9,12-13,16H,5-8,10,15H2,1H3. The third-order valence-electron chi connectivity index (χ3n) is 3.45. The zero-order valence-electron chi connectivity index (χ0n) is 10.5. The highest BCUT2D eigenvalue weighted by Crippen LogP contribution is 2.17. The zero-order chi connectivity index (χ0) is 12.1. The fourth-order valence-electron chi connectivity index (χ4n) is 2.45. The average molecular weight is 234 g/mol. The van der Waals surface area contributed by atoms with Crippen molar-refractivity contribution < 1.29 is 4.74 Å². The minimum Gasteiger partial charge on any atom is -0.497 e. The third kappa shape index (κ3) is 3.72. The molecule has 3 nitrogen and oxygen atoms in total. The first-order chi connectivity index (χ1) is 8.28. The van der Waals surface area contributed by atoms with Gasteiger partial charge in [-0.25, -0.2) is 0 Å². The lowest BCUT2D eigenvalue weighted by molar-refractivity contribution is 0.414. The van der Waals surface area contributed by atoms with Crippen molar-refractivity contribution in [2.75, 3.05) is 13.7 Å². The molecule has 1 aromatic rings. The van der Waals surface area contributed by atoms with Crippen LogP contribution < -0.4 is 15.8 Å². The summed E-state index contributed by atoms with van der Waals surface area (Å²) in [6, 6.07) is 9.29. The second-order valence-corrected chi connectivity index (χ2v) is 4.83. The third-order valence-corrected chi connectivity index (χ3v) is 3.45. The summed E-state index contributed by atoms with van der Waals surface area (Å²) in [5.74, 6) is 0.936. The van der Waals surface area contributed by atoms with Crippen LogP contribution in [0, 0.1) is 0 Å². The maximum Gasteiger partial charge on any atom is 0.119 e. The molecule has 17 heavy (non-hydrogen) atoms. The summed E-state index contributed by atoms with van der Waals surface area (Å²) in [4.78, 5) is 0. The van der Waals surface area contributed by atoms with Gasteiger partial charge in [-0.05, 0) is 49.9 Å². The van der Waals surface area contributed by atoms with Crippen molar-refractivity contribution in [3.63, 3.8) is 0 Å². The summed E-state index contributed by atoms with van der Waals surface area (Å²) in [6.45, 7) is 1.02. The van der Waals surface area contributed by atoms with Crippen molar-refractivity contribution in [1.82, 2.24) is 5.32 Å². The molecule has 2 rings (SSSR count). The van der Waals surface area contributed by atoms with Gasteiger partial charge >= 0.3 is 0 Å². The van der Waals surface area contributed by atoms with E-state index in [0.717, 1.165) is 31.6 Å². The maximum absolute atomic E-state index is 5.89. The molecule has 0 heterocycles. The van der Waals surface area contributed by atoms with Crippen molar-refractivity contribution in [2.24, 2.45) is 5.73 Å². The number of nitrogens with one attached hydrogen (secondary N) is 1. The van der Waals surface area contributed by atoms with Gasteiger partial charge in [0.2, 0.25) is 0 Å². The lowest BCUT2D eigenvalue weighted by Crippen LogP contribution is -2.30. The zero-order valence-corrected chi connectivity index (χ0v) is 10.5. The molecule has 0 aliphatic heterocycles. The number of benzene rings is 1. The number of nitrogens with two attached hydrogens (primary N) is 1. The molecule has 1 aliphatic carbocycles. The van der Waals surface area contributed by atoms with Crippen molar-refractivity contribution in [3.05, 3.63) is 29.8 Å². The van der Waals surface area contributed by atoms with Crippen molar-refractivity contribution in [3.8, 4) is 5.75 Å². The summed E-state index contributed by atoms with van der Waals surface area (Å²) in [5.41, 5.74) is 7.21. The van der Waals surface area contributed by atoms with Crippen LogP contribution in [0.25, 0.3) is 0 Å². The molecule has 1 fully saturated rings. The fourth-order valence-corrected chi connectivity index (χ4v) is 2.45. The molecule has 0 bridgehead atoms. The van der Waals surface area contributed by atoms with Gasteiger partial charge in [0.15, 0.2) is 0 Å². The van der Waals surface area contributed by atoms with Gasteiger partial charge in [-0.15, -0.1) is 0 Å². The van der Waals surface area contributed by atoms with Gasteiger partial charge < -0.3 is 15.8 Å². The van der Waals surface area contributed by atoms with Crippen LogP contribution in [-0.4, -0.2) is 25.7 Å². The number of ether oxygens (including phenoxy) is 1. The van der Waals surface area contributed by atoms with E-state index in [1.807, 2.05) is 12.1 Å². The van der Waals surface area contributed by atoms with E-state index >= 15 is 0 Å². The minimum atomic E-state index is 0.407. The smallest absolute Gasteiger partial charge is 0.119 e. The Morgan fingerprint density at radius 3 is 3.00 bits per heavy atom. The van der Waals surface area contributed by atoms with Gasteiger partial charge in [-0.1, -0.05) is 12.1 Å². The van der Waals surface area contributed by atoms with Crippen LogP contribution in [0.3, 0.4) is 0 Å². The monoisotopic (exact) mass is 234 g/mol. The van der Waals surface area contributed by atoms with Crippen LogP contribution in [0.15, 0.2) is 24.3 Å². The van der Waals surface area contributed by atoms with Gasteiger partial charge in [0.25, 0.3) is 0 Å². The average Bonchev–Trinajstić information content (AvgIpc) is 2.75. The van der Waals surface area contributed by atoms with E-state index in [-0.39, 0.29) is 0 Å². The summed E-state index contributed by atoms with van der Waals surface area (Å²) in [6.07, 6.45) is 4.55. The predicted molar refractivity (Wildman–Crippen MR) is 70.3 cm³/mol. The second-order valence-electron chi connectivity index (χ2n) is 4.83. The SMILES string of the molecule is COc1cccc(CCNC2CCC(N)C2)c1. The molecule has 3 N–H and O–H groups in total. The lowest BCUT2D eigenvalue weighted by Gasteiger charge is -2.12. The van der Waals surface area contributed by atoms with Gasteiger partial charge in [0.05, 0.1) is 7.11 Å². The van der Waals surface area contributed by atoms with Crippen LogP contribution in [0.1, 0.15) is 24.8 Å². The summed E-state index contributed by atoms with van der Waals surface area (Å²) >= 11 is 0. The molecular weight excluding hydrogens is 212 g/mol. The Balaban J connectivity index is 1.74. The van der Waals surface area contributed by atoms with Gasteiger partial charge in [-0.2, -0.15) is 0 Å². The Kier molecular flexibility index (Phi) is 4.40. The number of hydrogen-bond donors (Lipinski definition) is 2. The molecule has 0 saturated heterocycles. The first kappa shape index (κ1) is 12.4. The number of rotatable bonds is 5. The largest absolute Gasteiger partial charge is 0.497 e. The quantitative estimate of drug-likeness (QED) is 0.815. The Labute approximate surface area is 103 Å². The van der Waals surface area contributed by atoms with Crippen molar-refractivity contribution in [1.29, 1.82) is 0 Å². The molecule has 0 aromatic heterocycles. The molecule has 2 unspecified atom stereocenters. The van der Waals surface area contributed by atoms with Crippen LogP contribution in [0.5, 0.6) is 5.75 Å². The van der Waals surface area contributed by atoms with E-state index < -0.39 is 0 Å². The molecule has 0 amide bonds. The van der Waals surface area contributed by atoms with E-state index in [2.05, 4.69) is 17.4 Å². The fraction of sp³-hybridized carbons (Fsp3) is 0.571. The van der Waals surface area contributed by atoms with Crippen molar-refractivity contribution >= 4 is 0 Å². The number of methoxy groups -OCH3 is 1. The van der Waals surface area contributed by atoms with E-state index in [1.54, 1.807) is 7.11 Å². The first-order valence-corrected chi connectivity index (χ1v) is 6.40. The second kappa shape index (κ2) is 6.03. The minimum absolute atomic E-state index is 0.407. The molecular formula is C14H22N2O. The Morgan fingerprint density at radius 1 is 1.41 bits per heavy atom. The molecule has 0 spiro atoms. The molecule has 2 atom stereocenters. The molecule has 1 aliphatic rings. The molecule has 1 aromatic carbocycles. The Hall–Kier alpha value is -1.06. The van der Waals surface area contributed by atoms with Crippen LogP contribution in [0.4, 0.5) is 0 Å². The van der Waals surface area contributed by atoms with E-state index in [9.17, 15) is 0 Å². The molecule has 3 heteroatoms.